The van der Waals surface area contributed by atoms with E-state index < -0.39 is 5.41 Å². The third kappa shape index (κ3) is 4.60. The van der Waals surface area contributed by atoms with Gasteiger partial charge in [0.1, 0.15) is 11.2 Å². The van der Waals surface area contributed by atoms with Crippen molar-refractivity contribution in [3.63, 3.8) is 0 Å². The summed E-state index contributed by atoms with van der Waals surface area (Å²) in [6, 6.07) is 13.0. The van der Waals surface area contributed by atoms with Crippen molar-refractivity contribution < 1.29 is 23.8 Å². The van der Waals surface area contributed by atoms with Crippen LogP contribution in [0.4, 0.5) is 0 Å². The van der Waals surface area contributed by atoms with Crippen molar-refractivity contribution in [3.05, 3.63) is 76.1 Å². The lowest BCUT2D eigenvalue weighted by Gasteiger charge is -2.57. The molecule has 9 nitrogen and oxygen atoms in total. The second-order valence-electron chi connectivity index (χ2n) is 16.3. The molecular weight excluding hydrogens is 652 g/mol. The lowest BCUT2D eigenvalue weighted by molar-refractivity contribution is -0.162. The second-order valence-corrected chi connectivity index (χ2v) is 16.3. The van der Waals surface area contributed by atoms with Crippen molar-refractivity contribution >= 4 is 33.7 Å². The molecular formula is C43H52N4O5. The highest BCUT2D eigenvalue weighted by Gasteiger charge is 2.63. The summed E-state index contributed by atoms with van der Waals surface area (Å²) in [6.45, 7) is 7.16. The third-order valence-electron chi connectivity index (χ3n) is 14.2. The first kappa shape index (κ1) is 33.7. The van der Waals surface area contributed by atoms with E-state index in [1.54, 1.807) is 14.2 Å². The fraction of sp³-hybridized carbons (Fsp3) is 0.535. The number of hydrogen-bond acceptors (Lipinski definition) is 7. The summed E-state index contributed by atoms with van der Waals surface area (Å²) in [4.78, 5) is 41.2. The molecule has 4 aromatic rings. The zero-order valence-electron chi connectivity index (χ0n) is 31.4. The van der Waals surface area contributed by atoms with E-state index in [0.29, 0.717) is 18.3 Å². The van der Waals surface area contributed by atoms with Crippen molar-refractivity contribution in [2.75, 3.05) is 48.0 Å². The molecule has 2 N–H and O–H groups in total. The number of nitrogens with one attached hydrogen (secondary N) is 2. The van der Waals surface area contributed by atoms with Gasteiger partial charge in [0.2, 0.25) is 0 Å². The molecule has 52 heavy (non-hydrogen) atoms. The first-order valence-electron chi connectivity index (χ1n) is 19.3. The van der Waals surface area contributed by atoms with E-state index in [4.69, 9.17) is 14.2 Å². The minimum absolute atomic E-state index is 0.00427. The number of ether oxygens (including phenoxy) is 3. The van der Waals surface area contributed by atoms with Crippen LogP contribution in [0.25, 0.3) is 21.8 Å². The Morgan fingerprint density at radius 2 is 1.85 bits per heavy atom. The molecule has 0 amide bonds. The highest BCUT2D eigenvalue weighted by atomic mass is 16.5. The quantitative estimate of drug-likeness (QED) is 0.181. The Hall–Kier alpha value is -4.08. The minimum atomic E-state index is -0.756. The van der Waals surface area contributed by atoms with Gasteiger partial charge in [0.05, 0.1) is 32.8 Å². The number of carbonyl (C=O) groups is 2. The first-order valence-corrected chi connectivity index (χ1v) is 19.3. The van der Waals surface area contributed by atoms with Gasteiger partial charge in [0, 0.05) is 70.9 Å². The molecule has 9 unspecified atom stereocenters. The van der Waals surface area contributed by atoms with Crippen molar-refractivity contribution in [2.24, 2.45) is 23.7 Å². The van der Waals surface area contributed by atoms with Gasteiger partial charge in [-0.05, 0) is 93.2 Å². The van der Waals surface area contributed by atoms with Crippen LogP contribution in [0.3, 0.4) is 0 Å². The summed E-state index contributed by atoms with van der Waals surface area (Å²) in [5.74, 6) is 0.960. The van der Waals surface area contributed by atoms with E-state index >= 15 is 0 Å². The van der Waals surface area contributed by atoms with Gasteiger partial charge in [-0.3, -0.25) is 19.4 Å². The predicted molar refractivity (Wildman–Crippen MR) is 202 cm³/mol. The van der Waals surface area contributed by atoms with Gasteiger partial charge in [0.15, 0.2) is 0 Å². The number of para-hydroxylation sites is 1. The van der Waals surface area contributed by atoms with Crippen molar-refractivity contribution in [1.29, 1.82) is 0 Å². The highest BCUT2D eigenvalue weighted by molar-refractivity contribution is 5.95. The fourth-order valence-corrected chi connectivity index (χ4v) is 12.1. The number of likely N-dealkylation sites (tertiary alicyclic amines) is 1. The largest absolute Gasteiger partial charge is 0.496 e. The number of esters is 2. The zero-order valence-corrected chi connectivity index (χ0v) is 31.4. The SMILES string of the molecule is C/C=C1\CN(C)C2Cc3c([nH]c4ccccc34)C(c3c(OC)ccc4c5c([nH]c34)C3(C(=O)OC)CC4CC(CC)C3N(CC5)C4)CC1C2C(=O)OC. The van der Waals surface area contributed by atoms with Gasteiger partial charge in [-0.25, -0.2) is 0 Å². The van der Waals surface area contributed by atoms with Crippen molar-refractivity contribution in [2.45, 2.75) is 75.8 Å². The Labute approximate surface area is 306 Å². The maximum absolute atomic E-state index is 14.4. The topological polar surface area (TPSA) is 99.9 Å². The first-order chi connectivity index (χ1) is 25.3. The molecule has 3 saturated heterocycles. The molecule has 274 valence electrons. The van der Waals surface area contributed by atoms with Crippen LogP contribution >= 0.6 is 0 Å². The number of hydrogen-bond donors (Lipinski definition) is 2. The smallest absolute Gasteiger partial charge is 0.319 e. The Balaban J connectivity index is 1.32. The Kier molecular flexibility index (Phi) is 8.12. The number of carbonyl (C=O) groups excluding carboxylic acids is 2. The number of fused-ring (bicyclic) bond motifs is 9. The number of likely N-dealkylation sites (N-methyl/N-ethyl adjacent to an activating group) is 1. The molecule has 6 heterocycles. The van der Waals surface area contributed by atoms with E-state index in [9.17, 15) is 9.59 Å². The summed E-state index contributed by atoms with van der Waals surface area (Å²) in [5, 5.41) is 2.35. The Bertz CT molecular complexity index is 2110. The van der Waals surface area contributed by atoms with Crippen LogP contribution in [0.2, 0.25) is 0 Å². The van der Waals surface area contributed by atoms with Crippen LogP contribution in [0.15, 0.2) is 48.0 Å². The van der Waals surface area contributed by atoms with Crippen molar-refractivity contribution in [3.8, 4) is 5.75 Å². The van der Waals surface area contributed by atoms with Crippen LogP contribution in [0.1, 0.15) is 73.5 Å². The van der Waals surface area contributed by atoms with Gasteiger partial charge >= 0.3 is 11.9 Å². The van der Waals surface area contributed by atoms with Gasteiger partial charge in [0.25, 0.3) is 0 Å². The summed E-state index contributed by atoms with van der Waals surface area (Å²) in [6.07, 6.45) is 7.53. The number of piperidine rings is 3. The van der Waals surface area contributed by atoms with E-state index in [-0.39, 0.29) is 41.8 Å². The van der Waals surface area contributed by atoms with Gasteiger partial charge in [-0.2, -0.15) is 0 Å². The highest BCUT2D eigenvalue weighted by Crippen LogP contribution is 2.57. The molecule has 1 saturated carbocycles. The Morgan fingerprint density at radius 3 is 2.60 bits per heavy atom. The van der Waals surface area contributed by atoms with E-state index in [2.05, 4.69) is 83.1 Å². The minimum Gasteiger partial charge on any atom is -0.496 e. The number of H-pyrrole nitrogens is 2. The average molecular weight is 705 g/mol. The van der Waals surface area contributed by atoms with Gasteiger partial charge in [-0.1, -0.05) is 43.2 Å². The molecule has 9 atom stereocenters. The van der Waals surface area contributed by atoms with Crippen LogP contribution in [0, 0.1) is 23.7 Å². The normalized spacial score (nSPS) is 33.2. The van der Waals surface area contributed by atoms with E-state index in [0.717, 1.165) is 78.7 Å². The molecule has 6 bridgehead atoms. The summed E-state index contributed by atoms with van der Waals surface area (Å²) in [7, 11) is 6.98. The average Bonchev–Trinajstić information content (AvgIpc) is 3.70. The summed E-state index contributed by atoms with van der Waals surface area (Å²) < 4.78 is 17.7. The number of allylic oxidation sites excluding steroid dienone is 1. The number of rotatable bonds is 5. The molecule has 2 aromatic carbocycles. The van der Waals surface area contributed by atoms with E-state index in [1.807, 2.05) is 0 Å². The second kappa shape index (κ2) is 12.5. The number of benzene rings is 2. The standard InChI is InChI=1S/C43H52N4O5/c1-7-24-17-23-20-43(42(49)52-6)39-28(15-16-47(21-23)40(24)43)27-13-14-34(50-4)36(38(27)45-39)31-18-29-25(8-2)22-46(3)33(35(29)41(48)51-5)19-30-26-11-9-10-12-32(26)44-37(30)31/h8-14,23-24,29,31,33,35,40,44-45H,7,15-22H2,1-6H3/b25-8+. The van der Waals surface area contributed by atoms with Gasteiger partial charge < -0.3 is 24.2 Å². The lowest BCUT2D eigenvalue weighted by Crippen LogP contribution is -2.67. The number of nitrogens with zero attached hydrogens (tertiary/aromatic N) is 2. The van der Waals surface area contributed by atoms with Crippen LogP contribution in [-0.4, -0.2) is 91.8 Å². The fourth-order valence-electron chi connectivity index (χ4n) is 12.1. The molecule has 2 aromatic heterocycles. The third-order valence-corrected chi connectivity index (χ3v) is 14.2. The molecule has 10 rings (SSSR count). The number of methoxy groups -OCH3 is 3. The van der Waals surface area contributed by atoms with Crippen molar-refractivity contribution in [1.82, 2.24) is 19.8 Å². The molecule has 0 radical (unpaired) electrons. The number of aromatic amines is 2. The maximum atomic E-state index is 14.4. The number of aromatic nitrogens is 2. The lowest BCUT2D eigenvalue weighted by atomic mass is 9.56. The van der Waals surface area contributed by atoms with Crippen LogP contribution in [0.5, 0.6) is 5.75 Å². The molecule has 6 aliphatic rings. The monoisotopic (exact) mass is 704 g/mol. The zero-order chi connectivity index (χ0) is 36.1. The summed E-state index contributed by atoms with van der Waals surface area (Å²) >= 11 is 0. The maximum Gasteiger partial charge on any atom is 0.319 e. The molecule has 2 aliphatic carbocycles. The van der Waals surface area contributed by atoms with Gasteiger partial charge in [-0.15, -0.1) is 0 Å². The molecule has 4 fully saturated rings. The predicted octanol–water partition coefficient (Wildman–Crippen LogP) is 6.49. The Morgan fingerprint density at radius 1 is 1.02 bits per heavy atom. The van der Waals surface area contributed by atoms with Crippen LogP contribution < -0.4 is 4.74 Å². The molecule has 4 aliphatic heterocycles. The summed E-state index contributed by atoms with van der Waals surface area (Å²) in [5.41, 5.74) is 8.43. The van der Waals surface area contributed by atoms with Crippen LogP contribution in [-0.2, 0) is 37.3 Å². The van der Waals surface area contributed by atoms with E-state index in [1.165, 1.54) is 41.3 Å². The molecule has 9 heteroatoms. The molecule has 0 spiro atoms.